The molecule has 186 valence electrons. The number of rotatable bonds is 8. The van der Waals surface area contributed by atoms with Crippen molar-refractivity contribution in [3.63, 3.8) is 0 Å². The normalized spacial score (nSPS) is 13.7. The lowest BCUT2D eigenvalue weighted by Crippen LogP contribution is -2.16. The fourth-order valence-electron chi connectivity index (χ4n) is 4.19. The number of ether oxygens (including phenoxy) is 1. The van der Waals surface area contributed by atoms with Gasteiger partial charge in [0.25, 0.3) is 0 Å². The number of nitrogens with one attached hydrogen (secondary N) is 2. The summed E-state index contributed by atoms with van der Waals surface area (Å²) in [7, 11) is 0. The number of fused-ring (bicyclic) bond motifs is 1. The van der Waals surface area contributed by atoms with Crippen molar-refractivity contribution in [3.8, 4) is 11.4 Å². The summed E-state index contributed by atoms with van der Waals surface area (Å²) < 4.78 is 10.7. The van der Waals surface area contributed by atoms with Crippen LogP contribution in [0.15, 0.2) is 35.0 Å². The smallest absolute Gasteiger partial charge is 0.350 e. The fourth-order valence-corrected chi connectivity index (χ4v) is 5.06. The Morgan fingerprint density at radius 1 is 1.17 bits per heavy atom. The van der Waals surface area contributed by atoms with Gasteiger partial charge in [0.2, 0.25) is 17.6 Å². The van der Waals surface area contributed by atoms with Crippen LogP contribution >= 0.6 is 11.3 Å². The molecule has 0 spiro atoms. The molecule has 1 saturated carbocycles. The monoisotopic (exact) mass is 506 g/mol. The van der Waals surface area contributed by atoms with Crippen molar-refractivity contribution in [2.24, 2.45) is 0 Å². The number of thiazole rings is 1. The molecule has 11 heteroatoms. The number of aromatic nitrogens is 4. The van der Waals surface area contributed by atoms with Crippen molar-refractivity contribution in [2.75, 3.05) is 17.2 Å². The second-order valence-electron chi connectivity index (χ2n) is 8.70. The second-order valence-corrected chi connectivity index (χ2v) is 9.70. The zero-order valence-corrected chi connectivity index (χ0v) is 20.9. The summed E-state index contributed by atoms with van der Waals surface area (Å²) in [5.41, 5.74) is 1.37. The van der Waals surface area contributed by atoms with E-state index in [9.17, 15) is 9.59 Å². The molecule has 2 N–H and O–H groups in total. The number of nitrogens with zero attached hydrogens (tertiary/aromatic N) is 4. The Balaban J connectivity index is 1.19. The number of carbonyl (C=O) groups is 2. The van der Waals surface area contributed by atoms with Gasteiger partial charge in [-0.2, -0.15) is 4.98 Å². The molecule has 0 radical (unpaired) electrons. The number of pyridine rings is 1. The highest BCUT2D eigenvalue weighted by Gasteiger charge is 2.24. The van der Waals surface area contributed by atoms with Gasteiger partial charge in [0.1, 0.15) is 16.8 Å². The van der Waals surface area contributed by atoms with Gasteiger partial charge in [-0.15, -0.1) is 0 Å². The maximum atomic E-state index is 12.5. The van der Waals surface area contributed by atoms with Crippen LogP contribution in [0.4, 0.5) is 10.9 Å². The number of hydrogen-bond donors (Lipinski definition) is 2. The Labute approximate surface area is 211 Å². The minimum absolute atomic E-state index is 0.0156. The lowest BCUT2D eigenvalue weighted by Gasteiger charge is -2.10. The number of amides is 1. The highest BCUT2D eigenvalue weighted by molar-refractivity contribution is 7.17. The summed E-state index contributed by atoms with van der Waals surface area (Å²) in [5.74, 6) is 1.08. The number of anilines is 2. The first kappa shape index (κ1) is 23.9. The van der Waals surface area contributed by atoms with Gasteiger partial charge >= 0.3 is 5.97 Å². The molecule has 0 saturated heterocycles. The largest absolute Gasteiger partial charge is 0.458 e. The molecular formula is C25H26N6O4S. The van der Waals surface area contributed by atoms with E-state index in [1.807, 2.05) is 24.3 Å². The lowest BCUT2D eigenvalue weighted by molar-refractivity contribution is -0.115. The van der Waals surface area contributed by atoms with E-state index in [-0.39, 0.29) is 24.4 Å². The minimum Gasteiger partial charge on any atom is -0.458 e. The van der Waals surface area contributed by atoms with E-state index < -0.39 is 0 Å². The summed E-state index contributed by atoms with van der Waals surface area (Å²) in [6.07, 6.45) is 5.88. The maximum Gasteiger partial charge on any atom is 0.350 e. The Morgan fingerprint density at radius 2 is 2.00 bits per heavy atom. The molecule has 36 heavy (non-hydrogen) atoms. The van der Waals surface area contributed by atoms with Crippen molar-refractivity contribution < 1.29 is 18.8 Å². The molecule has 1 aliphatic carbocycles. The molecule has 0 aliphatic heterocycles. The van der Waals surface area contributed by atoms with E-state index in [0.717, 1.165) is 53.4 Å². The predicted molar refractivity (Wildman–Crippen MR) is 136 cm³/mol. The van der Waals surface area contributed by atoms with Crippen molar-refractivity contribution in [1.82, 2.24) is 20.1 Å². The van der Waals surface area contributed by atoms with E-state index in [4.69, 9.17) is 9.26 Å². The van der Waals surface area contributed by atoms with Crippen LogP contribution in [0.2, 0.25) is 0 Å². The second kappa shape index (κ2) is 10.4. The lowest BCUT2D eigenvalue weighted by atomic mass is 10.1. The molecule has 1 fully saturated rings. The third kappa shape index (κ3) is 5.35. The summed E-state index contributed by atoms with van der Waals surface area (Å²) in [4.78, 5) is 38.5. The first-order valence-electron chi connectivity index (χ1n) is 11.9. The van der Waals surface area contributed by atoms with Crippen LogP contribution in [0.25, 0.3) is 22.2 Å². The van der Waals surface area contributed by atoms with Crippen LogP contribution in [0.3, 0.4) is 0 Å². The summed E-state index contributed by atoms with van der Waals surface area (Å²) >= 11 is 1.14. The van der Waals surface area contributed by atoms with Crippen LogP contribution < -0.4 is 10.6 Å². The van der Waals surface area contributed by atoms with Crippen LogP contribution in [-0.4, -0.2) is 44.6 Å². The molecule has 1 aromatic carbocycles. The molecule has 0 unspecified atom stereocenters. The van der Waals surface area contributed by atoms with Crippen molar-refractivity contribution in [2.45, 2.75) is 52.1 Å². The third-order valence-electron chi connectivity index (χ3n) is 6.00. The van der Waals surface area contributed by atoms with Crippen LogP contribution in [-0.2, 0) is 9.53 Å². The Hall–Kier alpha value is -3.86. The van der Waals surface area contributed by atoms with Gasteiger partial charge < -0.3 is 19.9 Å². The minimum atomic E-state index is -0.364. The number of aryl methyl sites for hydroxylation is 2. The van der Waals surface area contributed by atoms with Gasteiger partial charge in [0.15, 0.2) is 5.13 Å². The number of benzene rings is 1. The molecular weight excluding hydrogens is 480 g/mol. The number of carbonyl (C=O) groups excluding carboxylic acids is 2. The first-order chi connectivity index (χ1) is 17.5. The quantitative estimate of drug-likeness (QED) is 0.320. The van der Waals surface area contributed by atoms with Crippen LogP contribution in [0.1, 0.15) is 53.4 Å². The average molecular weight is 507 g/mol. The van der Waals surface area contributed by atoms with Gasteiger partial charge in [0, 0.05) is 37.0 Å². The maximum absolute atomic E-state index is 12.5. The molecule has 5 rings (SSSR count). The zero-order chi connectivity index (χ0) is 25.1. The Bertz CT molecular complexity index is 1410. The third-order valence-corrected chi connectivity index (χ3v) is 7.05. The summed E-state index contributed by atoms with van der Waals surface area (Å²) in [6, 6.07) is 7.76. The van der Waals surface area contributed by atoms with E-state index in [1.54, 1.807) is 20.0 Å². The standard InChI is InChI=1S/C25H26N6O4S/c1-14-21(24(33)34-18-5-3-4-6-18)36-25(28-14)30-20(32)10-12-27-23-19-13-17(22-29-15(2)35-31-22)8-7-16(19)9-11-26-23/h7-9,11,13,18H,3-6,10,12H2,1-2H3,(H,26,27)(H,28,30,32). The Morgan fingerprint density at radius 3 is 2.78 bits per heavy atom. The van der Waals surface area contributed by atoms with Crippen molar-refractivity contribution in [1.29, 1.82) is 0 Å². The molecule has 3 aromatic heterocycles. The van der Waals surface area contributed by atoms with Gasteiger partial charge in [0.05, 0.1) is 5.69 Å². The fraction of sp³-hybridized carbons (Fsp3) is 0.360. The molecule has 1 amide bonds. The molecule has 3 heterocycles. The first-order valence-corrected chi connectivity index (χ1v) is 12.7. The van der Waals surface area contributed by atoms with Crippen LogP contribution in [0.5, 0.6) is 0 Å². The number of esters is 1. The zero-order valence-electron chi connectivity index (χ0n) is 20.0. The predicted octanol–water partition coefficient (Wildman–Crippen LogP) is 4.90. The van der Waals surface area contributed by atoms with E-state index in [0.29, 0.717) is 39.8 Å². The SMILES string of the molecule is Cc1nc(-c2ccc3ccnc(NCCC(=O)Nc4nc(C)c(C(=O)OC5CCCC5)s4)c3c2)no1. The van der Waals surface area contributed by atoms with E-state index in [1.165, 1.54) is 0 Å². The topological polar surface area (TPSA) is 132 Å². The van der Waals surface area contributed by atoms with Gasteiger partial charge in [-0.1, -0.05) is 28.6 Å². The van der Waals surface area contributed by atoms with Crippen molar-refractivity contribution in [3.05, 3.63) is 46.9 Å². The van der Waals surface area contributed by atoms with E-state index >= 15 is 0 Å². The summed E-state index contributed by atoms with van der Waals surface area (Å²) in [5, 5.41) is 12.3. The van der Waals surface area contributed by atoms with Gasteiger partial charge in [-0.05, 0) is 50.1 Å². The Kier molecular flexibility index (Phi) is 6.90. The van der Waals surface area contributed by atoms with E-state index in [2.05, 4.69) is 30.7 Å². The molecule has 4 aromatic rings. The highest BCUT2D eigenvalue weighted by Crippen LogP contribution is 2.28. The van der Waals surface area contributed by atoms with Crippen molar-refractivity contribution >= 4 is 44.9 Å². The average Bonchev–Trinajstić information content (AvgIpc) is 3.61. The summed E-state index contributed by atoms with van der Waals surface area (Å²) in [6.45, 7) is 3.85. The molecule has 0 atom stereocenters. The van der Waals surface area contributed by atoms with Gasteiger partial charge in [-0.3, -0.25) is 4.79 Å². The van der Waals surface area contributed by atoms with Gasteiger partial charge in [-0.25, -0.2) is 14.8 Å². The number of hydrogen-bond acceptors (Lipinski definition) is 10. The molecule has 0 bridgehead atoms. The molecule has 10 nitrogen and oxygen atoms in total. The molecule has 1 aliphatic rings. The van der Waals surface area contributed by atoms with Crippen LogP contribution in [0, 0.1) is 13.8 Å². The highest BCUT2D eigenvalue weighted by atomic mass is 32.1.